The van der Waals surface area contributed by atoms with E-state index in [2.05, 4.69) is 24.5 Å². The first-order valence-electron chi connectivity index (χ1n) is 7.27. The van der Waals surface area contributed by atoms with Gasteiger partial charge in [0.15, 0.2) is 0 Å². The molecule has 1 atom stereocenters. The Labute approximate surface area is 128 Å². The summed E-state index contributed by atoms with van der Waals surface area (Å²) in [6.07, 6.45) is 2.14. The highest BCUT2D eigenvalue weighted by atomic mass is 19.1. The Hall–Kier alpha value is -2.02. The van der Waals surface area contributed by atoms with Gasteiger partial charge in [-0.25, -0.2) is 4.39 Å². The molecule has 1 amide bonds. The van der Waals surface area contributed by atoms with Crippen molar-refractivity contribution in [2.24, 2.45) is 5.41 Å². The number of rotatable bonds is 4. The van der Waals surface area contributed by atoms with Gasteiger partial charge < -0.3 is 10.6 Å². The van der Waals surface area contributed by atoms with Crippen LogP contribution in [0.1, 0.15) is 37.0 Å². The summed E-state index contributed by atoms with van der Waals surface area (Å²) in [7, 11) is 0. The van der Waals surface area contributed by atoms with Crippen molar-refractivity contribution in [2.45, 2.75) is 32.7 Å². The molecule has 1 saturated heterocycles. The fourth-order valence-corrected chi connectivity index (χ4v) is 2.76. The lowest BCUT2D eigenvalue weighted by Crippen LogP contribution is -2.52. The van der Waals surface area contributed by atoms with Crippen molar-refractivity contribution in [3.63, 3.8) is 0 Å². The summed E-state index contributed by atoms with van der Waals surface area (Å²) in [5.74, 6) is -1.30. The summed E-state index contributed by atoms with van der Waals surface area (Å²) in [4.78, 5) is 22.4. The van der Waals surface area contributed by atoms with Gasteiger partial charge in [0.2, 0.25) is 0 Å². The third kappa shape index (κ3) is 3.59. The van der Waals surface area contributed by atoms with E-state index in [1.165, 1.54) is 0 Å². The van der Waals surface area contributed by atoms with Gasteiger partial charge in [0, 0.05) is 12.6 Å². The van der Waals surface area contributed by atoms with Gasteiger partial charge in [0.25, 0.3) is 11.6 Å². The Bertz CT molecular complexity index is 589. The Morgan fingerprint density at radius 3 is 2.91 bits per heavy atom. The maximum absolute atomic E-state index is 13.1. The lowest BCUT2D eigenvalue weighted by Gasteiger charge is -2.39. The summed E-state index contributed by atoms with van der Waals surface area (Å²) < 4.78 is 13.1. The number of benzene rings is 1. The maximum Gasteiger partial charge on any atom is 0.285 e. The number of halogens is 1. The molecule has 0 spiro atoms. The number of nitrogens with one attached hydrogen (secondary N) is 2. The third-order valence-electron chi connectivity index (χ3n) is 4.20. The molecule has 22 heavy (non-hydrogen) atoms. The molecule has 0 aromatic heterocycles. The second-order valence-electron chi connectivity index (χ2n) is 6.23. The van der Waals surface area contributed by atoms with E-state index in [-0.39, 0.29) is 17.0 Å². The molecule has 6 nitrogen and oxygen atoms in total. The molecule has 2 N–H and O–H groups in total. The highest BCUT2D eigenvalue weighted by molar-refractivity contribution is 5.98. The molecule has 1 heterocycles. The van der Waals surface area contributed by atoms with Crippen LogP contribution in [0, 0.1) is 21.3 Å². The molecule has 0 saturated carbocycles. The molecule has 120 valence electrons. The average molecular weight is 309 g/mol. The SMILES string of the molecule is CC1(C)CCCNC1CNC(=O)c1ccc(F)cc1[N+](=O)[O-]. The lowest BCUT2D eigenvalue weighted by molar-refractivity contribution is -0.385. The smallest absolute Gasteiger partial charge is 0.285 e. The van der Waals surface area contributed by atoms with E-state index in [1.807, 2.05) is 0 Å². The van der Waals surface area contributed by atoms with Gasteiger partial charge >= 0.3 is 0 Å². The summed E-state index contributed by atoms with van der Waals surface area (Å²) in [5.41, 5.74) is -0.603. The van der Waals surface area contributed by atoms with Crippen LogP contribution in [-0.2, 0) is 0 Å². The van der Waals surface area contributed by atoms with Gasteiger partial charge in [-0.2, -0.15) is 0 Å². The number of hydrogen-bond acceptors (Lipinski definition) is 4. The first-order chi connectivity index (χ1) is 10.3. The minimum Gasteiger partial charge on any atom is -0.350 e. The Morgan fingerprint density at radius 1 is 1.55 bits per heavy atom. The van der Waals surface area contributed by atoms with Crippen LogP contribution in [0.5, 0.6) is 0 Å². The molecule has 1 aliphatic rings. The molecular weight excluding hydrogens is 289 g/mol. The van der Waals surface area contributed by atoms with Crippen LogP contribution >= 0.6 is 0 Å². The summed E-state index contributed by atoms with van der Waals surface area (Å²) >= 11 is 0. The van der Waals surface area contributed by atoms with Crippen LogP contribution in [0.4, 0.5) is 10.1 Å². The summed E-state index contributed by atoms with van der Waals surface area (Å²) in [6.45, 7) is 5.51. The molecule has 1 aromatic carbocycles. The molecule has 1 unspecified atom stereocenters. The summed E-state index contributed by atoms with van der Waals surface area (Å²) in [5, 5.41) is 17.0. The largest absolute Gasteiger partial charge is 0.350 e. The Kier molecular flexibility index (Phi) is 4.75. The van der Waals surface area contributed by atoms with Crippen molar-refractivity contribution in [1.82, 2.24) is 10.6 Å². The first kappa shape index (κ1) is 16.4. The number of carbonyl (C=O) groups excluding carboxylic acids is 1. The molecule has 7 heteroatoms. The monoisotopic (exact) mass is 309 g/mol. The van der Waals surface area contributed by atoms with Crippen molar-refractivity contribution in [2.75, 3.05) is 13.1 Å². The molecule has 0 bridgehead atoms. The molecule has 1 aromatic rings. The zero-order chi connectivity index (χ0) is 16.3. The predicted molar refractivity (Wildman–Crippen MR) is 80.2 cm³/mol. The van der Waals surface area contributed by atoms with Crippen molar-refractivity contribution >= 4 is 11.6 Å². The molecule has 0 aliphatic carbocycles. The summed E-state index contributed by atoms with van der Waals surface area (Å²) in [6, 6.07) is 3.05. The fourth-order valence-electron chi connectivity index (χ4n) is 2.76. The number of nitro groups is 1. The standard InChI is InChI=1S/C15H20FN3O3/c1-15(2)6-3-7-17-13(15)9-18-14(20)11-5-4-10(16)8-12(11)19(21)22/h4-5,8,13,17H,3,6-7,9H2,1-2H3,(H,18,20). The number of amides is 1. The molecular formula is C15H20FN3O3. The predicted octanol–water partition coefficient (Wildman–Crippen LogP) is 2.24. The topological polar surface area (TPSA) is 84.3 Å². The molecule has 2 rings (SSSR count). The van der Waals surface area contributed by atoms with Gasteiger partial charge in [-0.05, 0) is 36.9 Å². The third-order valence-corrected chi connectivity index (χ3v) is 4.20. The highest BCUT2D eigenvalue weighted by Gasteiger charge is 2.32. The van der Waals surface area contributed by atoms with Gasteiger partial charge in [0.05, 0.1) is 11.0 Å². The van der Waals surface area contributed by atoms with Crippen molar-refractivity contribution in [3.8, 4) is 0 Å². The Balaban J connectivity index is 2.08. The molecule has 1 aliphatic heterocycles. The maximum atomic E-state index is 13.1. The number of hydrogen-bond donors (Lipinski definition) is 2. The Morgan fingerprint density at radius 2 is 2.27 bits per heavy atom. The number of piperidine rings is 1. The van der Waals surface area contributed by atoms with Crippen molar-refractivity contribution in [3.05, 3.63) is 39.7 Å². The van der Waals surface area contributed by atoms with E-state index >= 15 is 0 Å². The van der Waals surface area contributed by atoms with Gasteiger partial charge in [-0.3, -0.25) is 14.9 Å². The normalized spacial score (nSPS) is 20.4. The van der Waals surface area contributed by atoms with E-state index in [9.17, 15) is 19.3 Å². The molecule has 1 fully saturated rings. The molecule has 0 radical (unpaired) electrons. The van der Waals surface area contributed by atoms with Crippen LogP contribution in [-0.4, -0.2) is 30.0 Å². The van der Waals surface area contributed by atoms with Gasteiger partial charge in [0.1, 0.15) is 11.4 Å². The number of nitro benzene ring substituents is 1. The van der Waals surface area contributed by atoms with Crippen LogP contribution < -0.4 is 10.6 Å². The average Bonchev–Trinajstić information content (AvgIpc) is 2.45. The second-order valence-corrected chi connectivity index (χ2v) is 6.23. The fraction of sp³-hybridized carbons (Fsp3) is 0.533. The van der Waals surface area contributed by atoms with Crippen LogP contribution in [0.25, 0.3) is 0 Å². The van der Waals surface area contributed by atoms with Crippen LogP contribution in [0.3, 0.4) is 0 Å². The zero-order valence-electron chi connectivity index (χ0n) is 12.7. The second kappa shape index (κ2) is 6.39. The van der Waals surface area contributed by atoms with E-state index in [0.29, 0.717) is 6.54 Å². The number of carbonyl (C=O) groups is 1. The minimum atomic E-state index is -0.749. The number of nitrogens with zero attached hydrogens (tertiary/aromatic N) is 1. The van der Waals surface area contributed by atoms with Crippen molar-refractivity contribution < 1.29 is 14.1 Å². The van der Waals surface area contributed by atoms with E-state index < -0.39 is 22.3 Å². The first-order valence-corrected chi connectivity index (χ1v) is 7.27. The lowest BCUT2D eigenvalue weighted by atomic mass is 9.77. The van der Waals surface area contributed by atoms with E-state index in [1.54, 1.807) is 0 Å². The van der Waals surface area contributed by atoms with Crippen LogP contribution in [0.15, 0.2) is 18.2 Å². The minimum absolute atomic E-state index is 0.0419. The van der Waals surface area contributed by atoms with Crippen molar-refractivity contribution in [1.29, 1.82) is 0 Å². The zero-order valence-corrected chi connectivity index (χ0v) is 12.7. The van der Waals surface area contributed by atoms with Crippen LogP contribution in [0.2, 0.25) is 0 Å². The van der Waals surface area contributed by atoms with E-state index in [4.69, 9.17) is 0 Å². The van der Waals surface area contributed by atoms with E-state index in [0.717, 1.165) is 37.6 Å². The highest BCUT2D eigenvalue weighted by Crippen LogP contribution is 2.29. The van der Waals surface area contributed by atoms with Gasteiger partial charge in [-0.1, -0.05) is 13.8 Å². The quantitative estimate of drug-likeness (QED) is 0.660. The van der Waals surface area contributed by atoms with Gasteiger partial charge in [-0.15, -0.1) is 0 Å².